The van der Waals surface area contributed by atoms with Crippen molar-refractivity contribution in [1.82, 2.24) is 19.8 Å². The van der Waals surface area contributed by atoms with E-state index in [1.54, 1.807) is 0 Å². The van der Waals surface area contributed by atoms with Crippen LogP contribution in [-0.4, -0.2) is 38.8 Å². The average Bonchev–Trinajstić information content (AvgIpc) is 3.51. The van der Waals surface area contributed by atoms with Gasteiger partial charge in [-0.1, -0.05) is 18.9 Å². The molecule has 3 atom stereocenters. The molecule has 2 saturated heterocycles. The van der Waals surface area contributed by atoms with Crippen LogP contribution in [0.1, 0.15) is 68.0 Å². The van der Waals surface area contributed by atoms with Crippen LogP contribution >= 0.6 is 12.2 Å². The zero-order valence-corrected chi connectivity index (χ0v) is 17.0. The molecule has 28 heavy (non-hydrogen) atoms. The van der Waals surface area contributed by atoms with E-state index in [1.165, 1.54) is 31.4 Å². The van der Waals surface area contributed by atoms with Crippen LogP contribution in [0.5, 0.6) is 0 Å². The van der Waals surface area contributed by atoms with Gasteiger partial charge >= 0.3 is 0 Å². The van der Waals surface area contributed by atoms with Gasteiger partial charge < -0.3 is 19.5 Å². The fraction of sp³-hybridized carbons (Fsp3) is 0.545. The van der Waals surface area contributed by atoms with Crippen LogP contribution in [0.15, 0.2) is 42.7 Å². The van der Waals surface area contributed by atoms with Gasteiger partial charge in [-0.2, -0.15) is 0 Å². The van der Waals surface area contributed by atoms with Crippen molar-refractivity contribution in [1.29, 1.82) is 0 Å². The highest BCUT2D eigenvalue weighted by molar-refractivity contribution is 7.80. The van der Waals surface area contributed by atoms with Crippen LogP contribution in [0.3, 0.4) is 0 Å². The van der Waals surface area contributed by atoms with Crippen molar-refractivity contribution in [2.24, 2.45) is 0 Å². The molecule has 2 aromatic heterocycles. The number of hydrogen-bond donors (Lipinski definition) is 1. The standard InChI is InChI=1S/C22H28N4OS/c28-22-24-20(18-10-3-4-12-23-18)21(26(22)15-17-9-6-14-27-17)19-11-5-13-25(19)16-7-1-2-8-16/h3-5,10-13,16-17,20-21H,1-2,6-9,14-15H2,(H,24,28)/t17-,20-,21-/m1/s1. The maximum absolute atomic E-state index is 5.95. The normalized spacial score (nSPS) is 28.2. The summed E-state index contributed by atoms with van der Waals surface area (Å²) in [7, 11) is 0. The number of nitrogens with one attached hydrogen (secondary N) is 1. The van der Waals surface area contributed by atoms with Gasteiger partial charge in [0.2, 0.25) is 0 Å². The first kappa shape index (κ1) is 18.1. The second-order valence-corrected chi connectivity index (χ2v) is 8.58. The fourth-order valence-corrected chi connectivity index (χ4v) is 5.42. The van der Waals surface area contributed by atoms with E-state index in [1.807, 2.05) is 12.3 Å². The highest BCUT2D eigenvalue weighted by Gasteiger charge is 2.42. The molecule has 6 heteroatoms. The molecule has 5 rings (SSSR count). The van der Waals surface area contributed by atoms with Crippen molar-refractivity contribution >= 4 is 17.3 Å². The zero-order valence-electron chi connectivity index (χ0n) is 16.2. The van der Waals surface area contributed by atoms with Crippen LogP contribution in [0, 0.1) is 0 Å². The number of pyridine rings is 1. The van der Waals surface area contributed by atoms with E-state index in [0.717, 1.165) is 36.8 Å². The van der Waals surface area contributed by atoms with Gasteiger partial charge in [-0.05, 0) is 62.2 Å². The topological polar surface area (TPSA) is 42.3 Å². The van der Waals surface area contributed by atoms with Gasteiger partial charge in [0.1, 0.15) is 0 Å². The SMILES string of the molecule is S=C1N[C@H](c2ccccn2)[C@@H](c2cccn2C2CCCC2)N1C[C@H]1CCCO1. The summed E-state index contributed by atoms with van der Waals surface area (Å²) in [6.45, 7) is 1.71. The predicted molar refractivity (Wildman–Crippen MR) is 113 cm³/mol. The lowest BCUT2D eigenvalue weighted by molar-refractivity contribution is 0.0832. The van der Waals surface area contributed by atoms with Crippen molar-refractivity contribution in [2.45, 2.75) is 62.8 Å². The first-order valence-corrected chi connectivity index (χ1v) is 11.0. The van der Waals surface area contributed by atoms with Gasteiger partial charge in [0.05, 0.1) is 23.9 Å². The number of aromatic nitrogens is 2. The van der Waals surface area contributed by atoms with E-state index < -0.39 is 0 Å². The molecule has 148 valence electrons. The lowest BCUT2D eigenvalue weighted by atomic mass is 10.0. The summed E-state index contributed by atoms with van der Waals surface area (Å²) in [5, 5.41) is 4.39. The Morgan fingerprint density at radius 2 is 2.00 bits per heavy atom. The Morgan fingerprint density at radius 3 is 2.75 bits per heavy atom. The van der Waals surface area contributed by atoms with E-state index in [-0.39, 0.29) is 18.2 Å². The maximum Gasteiger partial charge on any atom is 0.170 e. The van der Waals surface area contributed by atoms with E-state index in [9.17, 15) is 0 Å². The van der Waals surface area contributed by atoms with E-state index in [4.69, 9.17) is 17.0 Å². The Kier molecular flexibility index (Phi) is 5.07. The monoisotopic (exact) mass is 396 g/mol. The van der Waals surface area contributed by atoms with Gasteiger partial charge in [-0.3, -0.25) is 4.98 Å². The average molecular weight is 397 g/mol. The molecular formula is C22H28N4OS. The molecule has 3 fully saturated rings. The Morgan fingerprint density at radius 1 is 1.11 bits per heavy atom. The minimum Gasteiger partial charge on any atom is -0.376 e. The first-order chi connectivity index (χ1) is 13.8. The number of nitrogens with zero attached hydrogens (tertiary/aromatic N) is 3. The highest BCUT2D eigenvalue weighted by atomic mass is 32.1. The summed E-state index contributed by atoms with van der Waals surface area (Å²) in [5.41, 5.74) is 2.39. The van der Waals surface area contributed by atoms with Gasteiger partial charge in [-0.15, -0.1) is 0 Å². The highest BCUT2D eigenvalue weighted by Crippen LogP contribution is 2.42. The van der Waals surface area contributed by atoms with Crippen LogP contribution in [-0.2, 0) is 4.74 Å². The van der Waals surface area contributed by atoms with Crippen molar-refractivity contribution < 1.29 is 4.74 Å². The Bertz CT molecular complexity index is 811. The molecular weight excluding hydrogens is 368 g/mol. The molecule has 2 aliphatic heterocycles. The summed E-state index contributed by atoms with van der Waals surface area (Å²) in [5.74, 6) is 0. The van der Waals surface area contributed by atoms with E-state index >= 15 is 0 Å². The molecule has 4 heterocycles. The Hall–Kier alpha value is -1.92. The smallest absolute Gasteiger partial charge is 0.170 e. The molecule has 3 aliphatic rings. The molecule has 2 aromatic rings. The largest absolute Gasteiger partial charge is 0.376 e. The molecule has 1 aliphatic carbocycles. The Balaban J connectivity index is 1.52. The van der Waals surface area contributed by atoms with Crippen molar-refractivity contribution in [3.8, 4) is 0 Å². The van der Waals surface area contributed by atoms with Crippen molar-refractivity contribution in [3.05, 3.63) is 54.1 Å². The summed E-state index contributed by atoms with van der Waals surface area (Å²) in [6.07, 6.45) is 11.8. The van der Waals surface area contributed by atoms with Gasteiger partial charge in [0.25, 0.3) is 0 Å². The summed E-state index contributed by atoms with van der Waals surface area (Å²) in [6, 6.07) is 11.4. The molecule has 0 aromatic carbocycles. The third-order valence-corrected chi connectivity index (χ3v) is 6.81. The maximum atomic E-state index is 5.95. The van der Waals surface area contributed by atoms with E-state index in [2.05, 4.69) is 50.2 Å². The van der Waals surface area contributed by atoms with Crippen molar-refractivity contribution in [3.63, 3.8) is 0 Å². The molecule has 0 radical (unpaired) electrons. The molecule has 1 saturated carbocycles. The molecule has 0 spiro atoms. The van der Waals surface area contributed by atoms with Gasteiger partial charge in [0, 0.05) is 37.3 Å². The molecule has 0 unspecified atom stereocenters. The fourth-order valence-electron chi connectivity index (χ4n) is 5.10. The van der Waals surface area contributed by atoms with Crippen LogP contribution in [0.4, 0.5) is 0 Å². The Labute approximate surface area is 172 Å². The molecule has 1 N–H and O–H groups in total. The molecule has 0 amide bonds. The quantitative estimate of drug-likeness (QED) is 0.769. The minimum atomic E-state index is 0.0603. The van der Waals surface area contributed by atoms with Crippen LogP contribution < -0.4 is 5.32 Å². The molecule has 0 bridgehead atoms. The van der Waals surface area contributed by atoms with Gasteiger partial charge in [-0.25, -0.2) is 0 Å². The number of ether oxygens (including phenoxy) is 1. The summed E-state index contributed by atoms with van der Waals surface area (Å²) in [4.78, 5) is 7.01. The van der Waals surface area contributed by atoms with E-state index in [0.29, 0.717) is 6.04 Å². The minimum absolute atomic E-state index is 0.0603. The second kappa shape index (κ2) is 7.84. The lowest BCUT2D eigenvalue weighted by Crippen LogP contribution is -2.37. The third-order valence-electron chi connectivity index (χ3n) is 6.46. The van der Waals surface area contributed by atoms with Gasteiger partial charge in [0.15, 0.2) is 5.11 Å². The third kappa shape index (κ3) is 3.33. The number of hydrogen-bond acceptors (Lipinski definition) is 3. The van der Waals surface area contributed by atoms with Crippen molar-refractivity contribution in [2.75, 3.05) is 13.2 Å². The number of thiocarbonyl (C=S) groups is 1. The van der Waals surface area contributed by atoms with Crippen LogP contribution in [0.25, 0.3) is 0 Å². The first-order valence-electron chi connectivity index (χ1n) is 10.6. The summed E-state index contributed by atoms with van der Waals surface area (Å²) < 4.78 is 8.45. The van der Waals surface area contributed by atoms with Crippen LogP contribution in [0.2, 0.25) is 0 Å². The second-order valence-electron chi connectivity index (χ2n) is 8.19. The predicted octanol–water partition coefficient (Wildman–Crippen LogP) is 4.15. The number of rotatable bonds is 5. The zero-order chi connectivity index (χ0) is 18.9. The summed E-state index contributed by atoms with van der Waals surface area (Å²) >= 11 is 5.80. The lowest BCUT2D eigenvalue weighted by Gasteiger charge is -2.31. The molecule has 5 nitrogen and oxygen atoms in total.